The van der Waals surface area contributed by atoms with Crippen molar-refractivity contribution >= 4 is 11.9 Å². The Morgan fingerprint density at radius 1 is 1.33 bits per heavy atom. The third-order valence-corrected chi connectivity index (χ3v) is 4.13. The van der Waals surface area contributed by atoms with Crippen molar-refractivity contribution in [2.45, 2.75) is 33.7 Å². The zero-order valence-corrected chi connectivity index (χ0v) is 14.7. The molecule has 6 heteroatoms. The van der Waals surface area contributed by atoms with Crippen LogP contribution in [-0.2, 0) is 16.1 Å². The molecule has 1 saturated heterocycles. The first kappa shape index (κ1) is 18.4. The summed E-state index contributed by atoms with van der Waals surface area (Å²) in [6.45, 7) is 8.68. The van der Waals surface area contributed by atoms with Gasteiger partial charge in [-0.25, -0.2) is 0 Å². The maximum Gasteiger partial charge on any atom is 0.307 e. The minimum Gasteiger partial charge on any atom is -0.481 e. The summed E-state index contributed by atoms with van der Waals surface area (Å²) < 4.78 is 0. The van der Waals surface area contributed by atoms with Crippen LogP contribution in [0.2, 0.25) is 0 Å². The average Bonchev–Trinajstić information content (AvgIpc) is 2.51. The van der Waals surface area contributed by atoms with Gasteiger partial charge >= 0.3 is 5.97 Å². The van der Waals surface area contributed by atoms with Gasteiger partial charge in [0, 0.05) is 38.6 Å². The molecule has 1 aromatic heterocycles. The van der Waals surface area contributed by atoms with Crippen LogP contribution in [0.15, 0.2) is 24.5 Å². The van der Waals surface area contributed by atoms with Crippen LogP contribution in [0.1, 0.15) is 32.8 Å². The van der Waals surface area contributed by atoms with E-state index in [1.165, 1.54) is 0 Å². The number of aromatic nitrogens is 1. The third kappa shape index (κ3) is 5.60. The van der Waals surface area contributed by atoms with Crippen molar-refractivity contribution < 1.29 is 14.7 Å². The summed E-state index contributed by atoms with van der Waals surface area (Å²) in [5, 5.41) is 12.3. The van der Waals surface area contributed by atoms with Gasteiger partial charge in [-0.15, -0.1) is 0 Å². The molecular formula is C18H27N3O3. The summed E-state index contributed by atoms with van der Waals surface area (Å²) in [5.41, 5.74) is 1.000. The van der Waals surface area contributed by atoms with Gasteiger partial charge in [0.25, 0.3) is 0 Å². The number of carboxylic acid groups (broad SMARTS) is 1. The van der Waals surface area contributed by atoms with E-state index >= 15 is 0 Å². The monoisotopic (exact) mass is 333 g/mol. The minimum atomic E-state index is -0.821. The zero-order valence-electron chi connectivity index (χ0n) is 14.7. The fourth-order valence-electron chi connectivity index (χ4n) is 3.20. The normalized spacial score (nSPS) is 22.1. The summed E-state index contributed by atoms with van der Waals surface area (Å²) in [7, 11) is 0. The lowest BCUT2D eigenvalue weighted by Crippen LogP contribution is -2.50. The number of amides is 1. The first-order valence-corrected chi connectivity index (χ1v) is 8.36. The number of rotatable bonds is 5. The van der Waals surface area contributed by atoms with Crippen molar-refractivity contribution in [3.63, 3.8) is 0 Å². The van der Waals surface area contributed by atoms with Gasteiger partial charge in [0.15, 0.2) is 0 Å². The minimum absolute atomic E-state index is 0.0666. The largest absolute Gasteiger partial charge is 0.481 e. The molecular weight excluding hydrogens is 306 g/mol. The Hall–Kier alpha value is -1.95. The van der Waals surface area contributed by atoms with Crippen LogP contribution >= 0.6 is 0 Å². The number of carbonyl (C=O) groups excluding carboxylic acids is 1. The van der Waals surface area contributed by atoms with Crippen molar-refractivity contribution in [1.82, 2.24) is 15.2 Å². The number of pyridine rings is 1. The van der Waals surface area contributed by atoms with Crippen LogP contribution in [0, 0.1) is 17.3 Å². The molecule has 1 aromatic rings. The van der Waals surface area contributed by atoms with Gasteiger partial charge in [0.2, 0.25) is 5.91 Å². The summed E-state index contributed by atoms with van der Waals surface area (Å²) in [4.78, 5) is 30.1. The molecule has 24 heavy (non-hydrogen) atoms. The lowest BCUT2D eigenvalue weighted by atomic mass is 9.86. The van der Waals surface area contributed by atoms with Gasteiger partial charge in [-0.2, -0.15) is 0 Å². The molecule has 0 bridgehead atoms. The van der Waals surface area contributed by atoms with E-state index in [-0.39, 0.29) is 17.2 Å². The van der Waals surface area contributed by atoms with Crippen LogP contribution in [0.25, 0.3) is 0 Å². The van der Waals surface area contributed by atoms with Gasteiger partial charge in [0.05, 0.1) is 11.8 Å². The number of carbonyl (C=O) groups is 2. The van der Waals surface area contributed by atoms with Crippen molar-refractivity contribution in [3.8, 4) is 0 Å². The van der Waals surface area contributed by atoms with Gasteiger partial charge in [-0.05, 0) is 23.5 Å². The van der Waals surface area contributed by atoms with Crippen molar-refractivity contribution in [2.24, 2.45) is 17.3 Å². The Kier molecular flexibility index (Phi) is 5.94. The summed E-state index contributed by atoms with van der Waals surface area (Å²) >= 11 is 0. The number of nitrogens with one attached hydrogen (secondary N) is 1. The average molecular weight is 333 g/mol. The van der Waals surface area contributed by atoms with Crippen LogP contribution in [-0.4, -0.2) is 46.5 Å². The molecule has 2 atom stereocenters. The predicted molar refractivity (Wildman–Crippen MR) is 91.2 cm³/mol. The van der Waals surface area contributed by atoms with E-state index in [4.69, 9.17) is 0 Å². The number of nitrogens with zero attached hydrogens (tertiary/aromatic N) is 2. The smallest absolute Gasteiger partial charge is 0.307 e. The maximum absolute atomic E-state index is 12.5. The van der Waals surface area contributed by atoms with Gasteiger partial charge in [-0.3, -0.25) is 14.6 Å². The number of likely N-dealkylation sites (tertiary alicyclic amines) is 1. The highest BCUT2D eigenvalue weighted by Gasteiger charge is 2.36. The second kappa shape index (κ2) is 7.75. The predicted octanol–water partition coefficient (Wildman–Crippen LogP) is 1.77. The molecule has 132 valence electrons. The molecule has 0 aliphatic carbocycles. The molecule has 0 saturated carbocycles. The molecule has 0 aromatic carbocycles. The number of piperidine rings is 1. The molecule has 0 radical (unpaired) electrons. The number of hydrogen-bond acceptors (Lipinski definition) is 4. The van der Waals surface area contributed by atoms with E-state index in [0.29, 0.717) is 26.1 Å². The molecule has 2 heterocycles. The topological polar surface area (TPSA) is 82.5 Å². The Morgan fingerprint density at radius 2 is 2.04 bits per heavy atom. The molecule has 1 fully saturated rings. The van der Waals surface area contributed by atoms with Gasteiger partial charge in [0.1, 0.15) is 0 Å². The molecule has 2 rings (SSSR count). The Morgan fingerprint density at radius 3 is 2.62 bits per heavy atom. The lowest BCUT2D eigenvalue weighted by molar-refractivity contribution is -0.145. The number of carboxylic acids is 1. The lowest BCUT2D eigenvalue weighted by Gasteiger charge is -2.38. The Bertz CT molecular complexity index is 569. The van der Waals surface area contributed by atoms with E-state index in [2.05, 4.69) is 36.0 Å². The van der Waals surface area contributed by atoms with E-state index in [1.807, 2.05) is 12.1 Å². The molecule has 1 aliphatic rings. The molecule has 2 N–H and O–H groups in total. The highest BCUT2D eigenvalue weighted by atomic mass is 16.4. The SMILES string of the molecule is CC(C)(C)CN1C[C@H](C(=O)O)C[C@@H](C(=O)NCc2cccnc2)C1. The highest BCUT2D eigenvalue weighted by molar-refractivity contribution is 5.80. The molecule has 0 unspecified atom stereocenters. The first-order valence-electron chi connectivity index (χ1n) is 8.36. The highest BCUT2D eigenvalue weighted by Crippen LogP contribution is 2.26. The molecule has 6 nitrogen and oxygen atoms in total. The van der Waals surface area contributed by atoms with Crippen molar-refractivity contribution in [1.29, 1.82) is 0 Å². The van der Waals surface area contributed by atoms with E-state index < -0.39 is 11.9 Å². The third-order valence-electron chi connectivity index (χ3n) is 4.13. The van der Waals surface area contributed by atoms with Gasteiger partial charge in [-0.1, -0.05) is 26.8 Å². The fraction of sp³-hybridized carbons (Fsp3) is 0.611. The second-order valence-electron chi connectivity index (χ2n) is 7.80. The number of hydrogen-bond donors (Lipinski definition) is 2. The standard InChI is InChI=1S/C18H27N3O3/c1-18(2,3)12-21-10-14(7-15(11-21)17(23)24)16(22)20-9-13-5-4-6-19-8-13/h4-6,8,14-15H,7,9-12H2,1-3H3,(H,20,22)(H,23,24)/t14-,15-/m1/s1. The van der Waals surface area contributed by atoms with Crippen LogP contribution in [0.5, 0.6) is 0 Å². The second-order valence-corrected chi connectivity index (χ2v) is 7.80. The first-order chi connectivity index (χ1) is 11.2. The fourth-order valence-corrected chi connectivity index (χ4v) is 3.20. The Balaban J connectivity index is 1.98. The molecule has 1 aliphatic heterocycles. The van der Waals surface area contributed by atoms with E-state index in [0.717, 1.165) is 12.1 Å². The van der Waals surface area contributed by atoms with Crippen molar-refractivity contribution in [2.75, 3.05) is 19.6 Å². The van der Waals surface area contributed by atoms with Crippen LogP contribution in [0.4, 0.5) is 0 Å². The molecule has 0 spiro atoms. The van der Waals surface area contributed by atoms with Crippen molar-refractivity contribution in [3.05, 3.63) is 30.1 Å². The quantitative estimate of drug-likeness (QED) is 0.858. The molecule has 1 amide bonds. The Labute approximate surface area is 143 Å². The van der Waals surface area contributed by atoms with Crippen LogP contribution < -0.4 is 5.32 Å². The van der Waals surface area contributed by atoms with E-state index in [9.17, 15) is 14.7 Å². The van der Waals surface area contributed by atoms with Crippen LogP contribution in [0.3, 0.4) is 0 Å². The summed E-state index contributed by atoms with van der Waals surface area (Å²) in [6, 6.07) is 3.73. The maximum atomic E-state index is 12.5. The van der Waals surface area contributed by atoms with E-state index in [1.54, 1.807) is 12.4 Å². The summed E-state index contributed by atoms with van der Waals surface area (Å²) in [6.07, 6.45) is 3.80. The number of aliphatic carboxylic acids is 1. The summed E-state index contributed by atoms with van der Waals surface area (Å²) in [5.74, 6) is -1.68. The van der Waals surface area contributed by atoms with Gasteiger partial charge < -0.3 is 15.3 Å². The zero-order chi connectivity index (χ0) is 17.7.